The van der Waals surface area contributed by atoms with Gasteiger partial charge in [-0.15, -0.1) is 0 Å². The van der Waals surface area contributed by atoms with E-state index in [-0.39, 0.29) is 6.09 Å². The van der Waals surface area contributed by atoms with Gasteiger partial charge in [0.15, 0.2) is 5.65 Å². The number of amides is 1. The molecule has 2 N–H and O–H groups in total. The van der Waals surface area contributed by atoms with Gasteiger partial charge in [-0.25, -0.2) is 19.7 Å². The quantitative estimate of drug-likeness (QED) is 0.448. The van der Waals surface area contributed by atoms with Crippen molar-refractivity contribution in [3.63, 3.8) is 0 Å². The molecular weight excluding hydrogens is 368 g/mol. The largest absolute Gasteiger partial charge is 0.450 e. The number of carbonyl (C=O) groups excluding carboxylic acids is 1. The van der Waals surface area contributed by atoms with Gasteiger partial charge in [0.05, 0.1) is 19.1 Å². The molecule has 8 heteroatoms. The number of alkyl carbamates (subject to hydrolysis) is 1. The van der Waals surface area contributed by atoms with Crippen molar-refractivity contribution >= 4 is 28.2 Å². The smallest absolute Gasteiger partial charge is 0.407 e. The Kier molecular flexibility index (Phi) is 5.69. The Morgan fingerprint density at radius 1 is 1.31 bits per heavy atom. The minimum Gasteiger partial charge on any atom is -0.450 e. The maximum Gasteiger partial charge on any atom is 0.407 e. The van der Waals surface area contributed by atoms with Crippen molar-refractivity contribution < 1.29 is 9.53 Å². The van der Waals surface area contributed by atoms with Crippen molar-refractivity contribution in [3.05, 3.63) is 54.4 Å². The summed E-state index contributed by atoms with van der Waals surface area (Å²) in [5.41, 5.74) is 5.00. The van der Waals surface area contributed by atoms with Crippen LogP contribution >= 0.6 is 0 Å². The second kappa shape index (κ2) is 8.72. The Hall–Kier alpha value is -3.42. The third kappa shape index (κ3) is 4.37. The summed E-state index contributed by atoms with van der Waals surface area (Å²) in [6.45, 7) is 3.75. The number of fused-ring (bicyclic) bond motifs is 2. The standard InChI is InChI=1S/C21H24N6O2/c1-2-3-8-29-21(28)23-7-6-16-10-24-18-5-4-15(9-17(16)18)12-27-14-26-20-19(27)11-22-13-25-20/h4-5,9-11,13-14,24H,2-3,6-8,12H2,1H3,(H,23,28). The lowest BCUT2D eigenvalue weighted by Gasteiger charge is -2.07. The van der Waals surface area contributed by atoms with Crippen LogP contribution in [-0.4, -0.2) is 43.7 Å². The number of hydrogen-bond acceptors (Lipinski definition) is 5. The summed E-state index contributed by atoms with van der Waals surface area (Å²) in [5, 5.41) is 3.97. The highest BCUT2D eigenvalue weighted by Gasteiger charge is 2.09. The zero-order chi connectivity index (χ0) is 20.1. The number of aromatic nitrogens is 5. The topological polar surface area (TPSA) is 97.7 Å². The number of hydrogen-bond donors (Lipinski definition) is 2. The third-order valence-corrected chi connectivity index (χ3v) is 4.88. The molecule has 29 heavy (non-hydrogen) atoms. The average Bonchev–Trinajstić information content (AvgIpc) is 3.33. The lowest BCUT2D eigenvalue weighted by molar-refractivity contribution is 0.144. The molecule has 0 saturated heterocycles. The fraction of sp³-hybridized carbons (Fsp3) is 0.333. The Morgan fingerprint density at radius 3 is 3.14 bits per heavy atom. The predicted octanol–water partition coefficient (Wildman–Crippen LogP) is 3.42. The fourth-order valence-corrected chi connectivity index (χ4v) is 3.32. The number of imidazole rings is 1. The Morgan fingerprint density at radius 2 is 2.24 bits per heavy atom. The molecule has 0 fully saturated rings. The summed E-state index contributed by atoms with van der Waals surface area (Å²) >= 11 is 0. The van der Waals surface area contributed by atoms with Gasteiger partial charge in [-0.05, 0) is 36.1 Å². The molecule has 0 aliphatic rings. The molecule has 150 valence electrons. The Bertz CT molecular complexity index is 1120. The van der Waals surface area contributed by atoms with Gasteiger partial charge < -0.3 is 19.6 Å². The van der Waals surface area contributed by atoms with Crippen LogP contribution in [0.5, 0.6) is 0 Å². The molecule has 0 spiro atoms. The molecule has 3 aromatic heterocycles. The molecule has 4 rings (SSSR count). The summed E-state index contributed by atoms with van der Waals surface area (Å²) < 4.78 is 7.16. The number of H-pyrrole nitrogens is 1. The van der Waals surface area contributed by atoms with Gasteiger partial charge >= 0.3 is 6.09 Å². The normalized spacial score (nSPS) is 11.2. The van der Waals surface area contributed by atoms with Crippen LogP contribution in [0.25, 0.3) is 22.1 Å². The van der Waals surface area contributed by atoms with Crippen molar-refractivity contribution in [3.8, 4) is 0 Å². The molecule has 8 nitrogen and oxygen atoms in total. The molecule has 0 bridgehead atoms. The van der Waals surface area contributed by atoms with Gasteiger partial charge in [0.1, 0.15) is 11.8 Å². The van der Waals surface area contributed by atoms with E-state index < -0.39 is 0 Å². The van der Waals surface area contributed by atoms with Crippen molar-refractivity contribution in [1.82, 2.24) is 29.8 Å². The van der Waals surface area contributed by atoms with Gasteiger partial charge in [-0.2, -0.15) is 0 Å². The van der Waals surface area contributed by atoms with Gasteiger partial charge in [0, 0.05) is 30.2 Å². The van der Waals surface area contributed by atoms with Gasteiger partial charge in [-0.3, -0.25) is 0 Å². The van der Waals surface area contributed by atoms with E-state index in [9.17, 15) is 4.79 Å². The van der Waals surface area contributed by atoms with Crippen molar-refractivity contribution in [2.24, 2.45) is 0 Å². The monoisotopic (exact) mass is 392 g/mol. The number of rotatable bonds is 8. The summed E-state index contributed by atoms with van der Waals surface area (Å²) in [7, 11) is 0. The highest BCUT2D eigenvalue weighted by Crippen LogP contribution is 2.21. The van der Waals surface area contributed by atoms with Crippen molar-refractivity contribution in [2.45, 2.75) is 32.7 Å². The van der Waals surface area contributed by atoms with Crippen LogP contribution in [0.4, 0.5) is 4.79 Å². The van der Waals surface area contributed by atoms with Crippen LogP contribution in [0.15, 0.2) is 43.2 Å². The molecule has 3 heterocycles. The molecule has 1 amide bonds. The van der Waals surface area contributed by atoms with E-state index in [1.165, 1.54) is 6.33 Å². The SMILES string of the molecule is CCCCOC(=O)NCCc1c[nH]c2ccc(Cn3cnc4ncncc43)cc12. The van der Waals surface area contributed by atoms with E-state index in [1.807, 2.05) is 10.8 Å². The van der Waals surface area contributed by atoms with Crippen LogP contribution in [0.1, 0.15) is 30.9 Å². The van der Waals surface area contributed by atoms with Crippen LogP contribution in [0.3, 0.4) is 0 Å². The number of benzene rings is 1. The number of carbonyl (C=O) groups is 1. The predicted molar refractivity (Wildman–Crippen MR) is 111 cm³/mol. The first-order valence-electron chi connectivity index (χ1n) is 9.85. The Labute approximate surface area is 168 Å². The molecule has 0 unspecified atom stereocenters. The second-order valence-electron chi connectivity index (χ2n) is 6.96. The van der Waals surface area contributed by atoms with Gasteiger partial charge in [0.2, 0.25) is 0 Å². The first-order valence-corrected chi connectivity index (χ1v) is 9.85. The summed E-state index contributed by atoms with van der Waals surface area (Å²) in [5.74, 6) is 0. The molecule has 4 aromatic rings. The van der Waals surface area contributed by atoms with Crippen molar-refractivity contribution in [2.75, 3.05) is 13.2 Å². The van der Waals surface area contributed by atoms with Crippen LogP contribution in [0, 0.1) is 0 Å². The van der Waals surface area contributed by atoms with Crippen LogP contribution in [-0.2, 0) is 17.7 Å². The zero-order valence-electron chi connectivity index (χ0n) is 16.4. The summed E-state index contributed by atoms with van der Waals surface area (Å²) in [4.78, 5) is 27.6. The van der Waals surface area contributed by atoms with E-state index in [4.69, 9.17) is 4.74 Å². The zero-order valence-corrected chi connectivity index (χ0v) is 16.4. The first-order chi connectivity index (χ1) is 14.2. The maximum atomic E-state index is 11.7. The minimum absolute atomic E-state index is 0.354. The second-order valence-corrected chi connectivity index (χ2v) is 6.96. The van der Waals surface area contributed by atoms with E-state index in [2.05, 4.69) is 50.4 Å². The molecule has 0 radical (unpaired) electrons. The average molecular weight is 392 g/mol. The summed E-state index contributed by atoms with van der Waals surface area (Å²) in [6, 6.07) is 6.36. The first kappa shape index (κ1) is 18.9. The molecule has 0 saturated carbocycles. The maximum absolute atomic E-state index is 11.7. The van der Waals surface area contributed by atoms with Gasteiger partial charge in [0.25, 0.3) is 0 Å². The number of nitrogens with one attached hydrogen (secondary N) is 2. The lowest BCUT2D eigenvalue weighted by Crippen LogP contribution is -2.26. The molecule has 0 atom stereocenters. The van der Waals surface area contributed by atoms with Crippen LogP contribution in [0.2, 0.25) is 0 Å². The molecule has 0 aliphatic heterocycles. The molecule has 1 aromatic carbocycles. The highest BCUT2D eigenvalue weighted by atomic mass is 16.5. The van der Waals surface area contributed by atoms with Crippen LogP contribution < -0.4 is 5.32 Å². The molecule has 0 aliphatic carbocycles. The number of ether oxygens (including phenoxy) is 1. The highest BCUT2D eigenvalue weighted by molar-refractivity contribution is 5.84. The van der Waals surface area contributed by atoms with Gasteiger partial charge in [-0.1, -0.05) is 19.4 Å². The number of aromatic amines is 1. The molecular formula is C21H24N6O2. The van der Waals surface area contributed by atoms with E-state index in [1.54, 1.807) is 12.5 Å². The van der Waals surface area contributed by atoms with E-state index >= 15 is 0 Å². The third-order valence-electron chi connectivity index (χ3n) is 4.88. The Balaban J connectivity index is 1.43. The number of nitrogens with zero attached hydrogens (tertiary/aromatic N) is 4. The van der Waals surface area contributed by atoms with E-state index in [0.29, 0.717) is 25.3 Å². The fourth-order valence-electron chi connectivity index (χ4n) is 3.32. The minimum atomic E-state index is -0.354. The summed E-state index contributed by atoms with van der Waals surface area (Å²) in [6.07, 6.45) is 9.34. The van der Waals surface area contributed by atoms with E-state index in [0.717, 1.165) is 46.8 Å². The van der Waals surface area contributed by atoms with Crippen molar-refractivity contribution in [1.29, 1.82) is 0 Å². The lowest BCUT2D eigenvalue weighted by atomic mass is 10.1. The number of unbranched alkanes of at least 4 members (excludes halogenated alkanes) is 1.